The zero-order valence-corrected chi connectivity index (χ0v) is 12.4. The van der Waals surface area contributed by atoms with E-state index in [1.54, 1.807) is 24.4 Å². The number of hydrogen-bond donors (Lipinski definition) is 3. The first-order valence-corrected chi connectivity index (χ1v) is 8.53. The summed E-state index contributed by atoms with van der Waals surface area (Å²) < 4.78 is 29.2. The van der Waals surface area contributed by atoms with Gasteiger partial charge in [-0.3, -0.25) is 4.40 Å². The Labute approximate surface area is 123 Å². The van der Waals surface area contributed by atoms with Crippen molar-refractivity contribution in [3.63, 3.8) is 0 Å². The third-order valence-electron chi connectivity index (χ3n) is 3.95. The minimum Gasteiger partial charge on any atom is -0.306 e. The summed E-state index contributed by atoms with van der Waals surface area (Å²) in [6.45, 7) is 0.442. The van der Waals surface area contributed by atoms with Crippen LogP contribution in [0.4, 0.5) is 5.82 Å². The van der Waals surface area contributed by atoms with Gasteiger partial charge in [0.2, 0.25) is 0 Å². The topological polar surface area (TPSA) is 102 Å². The molecule has 1 aliphatic carbocycles. The second-order valence-corrected chi connectivity index (χ2v) is 7.00. The van der Waals surface area contributed by atoms with Gasteiger partial charge in [-0.1, -0.05) is 25.3 Å². The number of sulfonamides is 1. The first-order chi connectivity index (χ1) is 10.1. The largest absolute Gasteiger partial charge is 0.306 e. The Morgan fingerprint density at radius 1 is 1.38 bits per heavy atom. The highest BCUT2D eigenvalue weighted by Crippen LogP contribution is 2.29. The molecule has 0 spiro atoms. The molecule has 0 atom stereocenters. The number of fused-ring (bicyclic) bond motifs is 1. The molecule has 114 valence electrons. The highest BCUT2D eigenvalue weighted by Gasteiger charge is 2.25. The van der Waals surface area contributed by atoms with Gasteiger partial charge in [0.1, 0.15) is 5.65 Å². The van der Waals surface area contributed by atoms with Gasteiger partial charge in [-0.2, -0.15) is 0 Å². The molecule has 1 saturated carbocycles. The fourth-order valence-electron chi connectivity index (χ4n) is 2.57. The standard InChI is InChI=1S/C13H19N5O2S/c14-17-12-13(18-9-2-1-6-11(18)16-12)21(19,20)15-8-7-10-4-3-5-10/h1-2,6,9-10,15,17H,3-5,7-8,14H2. The van der Waals surface area contributed by atoms with Crippen molar-refractivity contribution in [3.8, 4) is 0 Å². The summed E-state index contributed by atoms with van der Waals surface area (Å²) in [6.07, 6.45) is 6.19. The van der Waals surface area contributed by atoms with Crippen molar-refractivity contribution >= 4 is 21.5 Å². The lowest BCUT2D eigenvalue weighted by Crippen LogP contribution is -2.29. The predicted octanol–water partition coefficient (Wildman–Crippen LogP) is 1.09. The lowest BCUT2D eigenvalue weighted by atomic mass is 9.83. The fraction of sp³-hybridized carbons (Fsp3) is 0.462. The predicted molar refractivity (Wildman–Crippen MR) is 80.1 cm³/mol. The smallest absolute Gasteiger partial charge is 0.260 e. The summed E-state index contributed by atoms with van der Waals surface area (Å²) in [7, 11) is -3.66. The Morgan fingerprint density at radius 3 is 2.86 bits per heavy atom. The van der Waals surface area contributed by atoms with Crippen LogP contribution in [0.3, 0.4) is 0 Å². The monoisotopic (exact) mass is 309 g/mol. The molecular formula is C13H19N5O2S. The molecular weight excluding hydrogens is 290 g/mol. The molecule has 1 aliphatic rings. The second kappa shape index (κ2) is 5.63. The Bertz CT molecular complexity index is 736. The summed E-state index contributed by atoms with van der Waals surface area (Å²) in [5.74, 6) is 6.21. The molecule has 0 unspecified atom stereocenters. The van der Waals surface area contributed by atoms with Crippen LogP contribution in [0.2, 0.25) is 0 Å². The minimum atomic E-state index is -3.66. The molecule has 2 aromatic rings. The normalized spacial score (nSPS) is 16.0. The molecule has 0 saturated heterocycles. The van der Waals surface area contributed by atoms with Crippen LogP contribution in [-0.4, -0.2) is 24.3 Å². The summed E-state index contributed by atoms with van der Waals surface area (Å²) in [4.78, 5) is 4.18. The lowest BCUT2D eigenvalue weighted by Gasteiger charge is -2.25. The van der Waals surface area contributed by atoms with Crippen LogP contribution in [0.25, 0.3) is 5.65 Å². The van der Waals surface area contributed by atoms with E-state index in [0.29, 0.717) is 18.1 Å². The maximum Gasteiger partial charge on any atom is 0.260 e. The molecule has 21 heavy (non-hydrogen) atoms. The summed E-state index contributed by atoms with van der Waals surface area (Å²) in [5, 5.41) is 0.0502. The van der Waals surface area contributed by atoms with Crippen LogP contribution in [-0.2, 0) is 10.0 Å². The first kappa shape index (κ1) is 14.3. The van der Waals surface area contributed by atoms with Crippen molar-refractivity contribution in [1.82, 2.24) is 14.1 Å². The Kier molecular flexibility index (Phi) is 3.83. The van der Waals surface area contributed by atoms with Crippen LogP contribution in [0.5, 0.6) is 0 Å². The highest BCUT2D eigenvalue weighted by atomic mass is 32.2. The van der Waals surface area contributed by atoms with Crippen molar-refractivity contribution in [2.24, 2.45) is 11.8 Å². The van der Waals surface area contributed by atoms with E-state index in [4.69, 9.17) is 5.84 Å². The van der Waals surface area contributed by atoms with E-state index in [1.807, 2.05) is 0 Å². The molecule has 0 amide bonds. The Morgan fingerprint density at radius 2 is 2.19 bits per heavy atom. The third kappa shape index (κ3) is 2.74. The minimum absolute atomic E-state index is 0.0502. The number of nitrogens with two attached hydrogens (primary N) is 1. The SMILES string of the molecule is NNc1nc2ccccn2c1S(=O)(=O)NCCC1CCC1. The van der Waals surface area contributed by atoms with E-state index < -0.39 is 10.0 Å². The molecule has 7 nitrogen and oxygen atoms in total. The molecule has 0 aliphatic heterocycles. The van der Waals surface area contributed by atoms with E-state index in [1.165, 1.54) is 23.7 Å². The number of anilines is 1. The average Bonchev–Trinajstić information content (AvgIpc) is 2.80. The van der Waals surface area contributed by atoms with Gasteiger partial charge in [0.05, 0.1) is 0 Å². The number of aromatic nitrogens is 2. The molecule has 2 aromatic heterocycles. The fourth-order valence-corrected chi connectivity index (χ4v) is 3.87. The molecule has 3 rings (SSSR count). The zero-order chi connectivity index (χ0) is 14.9. The van der Waals surface area contributed by atoms with Gasteiger partial charge in [-0.25, -0.2) is 24.0 Å². The first-order valence-electron chi connectivity index (χ1n) is 7.05. The van der Waals surface area contributed by atoms with E-state index in [2.05, 4.69) is 15.1 Å². The zero-order valence-electron chi connectivity index (χ0n) is 11.6. The number of rotatable bonds is 6. The maximum atomic E-state index is 12.5. The van der Waals surface area contributed by atoms with Crippen LogP contribution >= 0.6 is 0 Å². The molecule has 0 bridgehead atoms. The average molecular weight is 309 g/mol. The second-order valence-electron chi connectivity index (χ2n) is 5.32. The van der Waals surface area contributed by atoms with Crippen LogP contribution in [0.15, 0.2) is 29.4 Å². The van der Waals surface area contributed by atoms with E-state index in [0.717, 1.165) is 6.42 Å². The van der Waals surface area contributed by atoms with Gasteiger partial charge in [0.25, 0.3) is 10.0 Å². The third-order valence-corrected chi connectivity index (χ3v) is 5.43. The summed E-state index contributed by atoms with van der Waals surface area (Å²) >= 11 is 0. The number of pyridine rings is 1. The van der Waals surface area contributed by atoms with Crippen molar-refractivity contribution in [1.29, 1.82) is 0 Å². The Balaban J connectivity index is 1.86. The van der Waals surface area contributed by atoms with Crippen molar-refractivity contribution in [2.45, 2.75) is 30.7 Å². The van der Waals surface area contributed by atoms with Crippen LogP contribution in [0, 0.1) is 5.92 Å². The summed E-state index contributed by atoms with van der Waals surface area (Å²) in [5.41, 5.74) is 2.89. The van der Waals surface area contributed by atoms with Crippen molar-refractivity contribution in [3.05, 3.63) is 24.4 Å². The quantitative estimate of drug-likeness (QED) is 0.547. The maximum absolute atomic E-state index is 12.5. The van der Waals surface area contributed by atoms with E-state index in [9.17, 15) is 8.42 Å². The lowest BCUT2D eigenvalue weighted by molar-refractivity contribution is 0.297. The van der Waals surface area contributed by atoms with Gasteiger partial charge in [0, 0.05) is 12.7 Å². The van der Waals surface area contributed by atoms with Crippen molar-refractivity contribution < 1.29 is 8.42 Å². The number of nitrogen functional groups attached to an aromatic ring is 1. The number of imidazole rings is 1. The number of nitrogens with zero attached hydrogens (tertiary/aromatic N) is 2. The van der Waals surface area contributed by atoms with Crippen molar-refractivity contribution in [2.75, 3.05) is 12.0 Å². The van der Waals surface area contributed by atoms with Gasteiger partial charge < -0.3 is 5.43 Å². The molecule has 4 N–H and O–H groups in total. The number of hydrazine groups is 1. The molecule has 2 heterocycles. The molecule has 0 radical (unpaired) electrons. The van der Waals surface area contributed by atoms with Crippen LogP contribution < -0.4 is 16.0 Å². The molecule has 1 fully saturated rings. The van der Waals surface area contributed by atoms with Crippen LogP contribution in [0.1, 0.15) is 25.7 Å². The number of hydrogen-bond acceptors (Lipinski definition) is 5. The molecule has 0 aromatic carbocycles. The highest BCUT2D eigenvalue weighted by molar-refractivity contribution is 7.89. The Hall–Kier alpha value is -1.64. The van der Waals surface area contributed by atoms with E-state index >= 15 is 0 Å². The van der Waals surface area contributed by atoms with E-state index in [-0.39, 0.29) is 10.8 Å². The number of nitrogens with one attached hydrogen (secondary N) is 2. The van der Waals surface area contributed by atoms with Gasteiger partial charge in [-0.15, -0.1) is 0 Å². The van der Waals surface area contributed by atoms with Gasteiger partial charge in [0.15, 0.2) is 10.8 Å². The molecule has 8 heteroatoms. The summed E-state index contributed by atoms with van der Waals surface area (Å²) in [6, 6.07) is 5.28. The van der Waals surface area contributed by atoms with Gasteiger partial charge >= 0.3 is 0 Å². The van der Waals surface area contributed by atoms with Gasteiger partial charge in [-0.05, 0) is 24.5 Å².